The van der Waals surface area contributed by atoms with Crippen LogP contribution in [0.15, 0.2) is 18.2 Å². The lowest BCUT2D eigenvalue weighted by Crippen LogP contribution is -2.41. The van der Waals surface area contributed by atoms with Gasteiger partial charge in [-0.1, -0.05) is 12.5 Å². The number of likely N-dealkylation sites (tertiary alicyclic amines) is 1. The third-order valence-corrected chi connectivity index (χ3v) is 3.39. The molecule has 2 heterocycles. The normalized spacial score (nSPS) is 21.4. The molecule has 1 aliphatic rings. The van der Waals surface area contributed by atoms with Crippen LogP contribution in [0.1, 0.15) is 25.0 Å². The number of nitrogens with one attached hydrogen (secondary N) is 1. The summed E-state index contributed by atoms with van der Waals surface area (Å²) in [7, 11) is 1.88. The number of pyridine rings is 1. The largest absolute Gasteiger partial charge is 0.395 e. The van der Waals surface area contributed by atoms with E-state index in [0.29, 0.717) is 6.04 Å². The Morgan fingerprint density at radius 1 is 1.47 bits per heavy atom. The lowest BCUT2D eigenvalue weighted by atomic mass is 10.0. The van der Waals surface area contributed by atoms with Gasteiger partial charge < -0.3 is 10.4 Å². The van der Waals surface area contributed by atoms with Gasteiger partial charge in [0.1, 0.15) is 5.82 Å². The zero-order chi connectivity index (χ0) is 12.1. The molecule has 1 unspecified atom stereocenters. The SMILES string of the molecule is CNc1cccc(CN2CCCCC2CO)n1. The first-order valence-electron chi connectivity index (χ1n) is 6.32. The molecule has 0 aliphatic carbocycles. The number of aromatic nitrogens is 1. The van der Waals surface area contributed by atoms with E-state index < -0.39 is 0 Å². The average molecular weight is 235 g/mol. The highest BCUT2D eigenvalue weighted by Gasteiger charge is 2.21. The van der Waals surface area contributed by atoms with Gasteiger partial charge in [-0.3, -0.25) is 4.90 Å². The van der Waals surface area contributed by atoms with Crippen LogP contribution >= 0.6 is 0 Å². The van der Waals surface area contributed by atoms with E-state index in [1.165, 1.54) is 12.8 Å². The number of aliphatic hydroxyl groups is 1. The van der Waals surface area contributed by atoms with Crippen LogP contribution in [0.4, 0.5) is 5.82 Å². The molecule has 1 aromatic heterocycles. The van der Waals surface area contributed by atoms with Gasteiger partial charge in [-0.15, -0.1) is 0 Å². The van der Waals surface area contributed by atoms with Crippen molar-refractivity contribution in [3.8, 4) is 0 Å². The Hall–Kier alpha value is -1.13. The summed E-state index contributed by atoms with van der Waals surface area (Å²) in [5.74, 6) is 0.903. The lowest BCUT2D eigenvalue weighted by molar-refractivity contribution is 0.0831. The number of nitrogens with zero attached hydrogens (tertiary/aromatic N) is 2. The summed E-state index contributed by atoms with van der Waals surface area (Å²) in [4.78, 5) is 6.86. The molecule has 0 saturated carbocycles. The monoisotopic (exact) mass is 235 g/mol. The summed E-state index contributed by atoms with van der Waals surface area (Å²) in [5.41, 5.74) is 1.07. The minimum absolute atomic E-state index is 0.256. The molecule has 0 radical (unpaired) electrons. The average Bonchev–Trinajstić information content (AvgIpc) is 2.39. The third-order valence-electron chi connectivity index (χ3n) is 3.39. The minimum Gasteiger partial charge on any atom is -0.395 e. The van der Waals surface area contributed by atoms with Crippen molar-refractivity contribution in [2.75, 3.05) is 25.5 Å². The van der Waals surface area contributed by atoms with Gasteiger partial charge in [0.15, 0.2) is 0 Å². The predicted molar refractivity (Wildman–Crippen MR) is 68.9 cm³/mol. The van der Waals surface area contributed by atoms with Crippen molar-refractivity contribution in [2.45, 2.75) is 31.8 Å². The van der Waals surface area contributed by atoms with E-state index >= 15 is 0 Å². The molecule has 4 nitrogen and oxygen atoms in total. The van der Waals surface area contributed by atoms with Crippen molar-refractivity contribution in [3.05, 3.63) is 23.9 Å². The van der Waals surface area contributed by atoms with Gasteiger partial charge in [0.25, 0.3) is 0 Å². The van der Waals surface area contributed by atoms with Crippen LogP contribution in [0.2, 0.25) is 0 Å². The Morgan fingerprint density at radius 3 is 3.12 bits per heavy atom. The van der Waals surface area contributed by atoms with Crippen LogP contribution < -0.4 is 5.32 Å². The Bertz CT molecular complexity index is 356. The predicted octanol–water partition coefficient (Wildman–Crippen LogP) is 1.47. The van der Waals surface area contributed by atoms with Crippen LogP contribution in [-0.4, -0.2) is 41.2 Å². The second-order valence-corrected chi connectivity index (χ2v) is 4.57. The number of anilines is 1. The number of rotatable bonds is 4. The van der Waals surface area contributed by atoms with Gasteiger partial charge >= 0.3 is 0 Å². The van der Waals surface area contributed by atoms with E-state index in [4.69, 9.17) is 0 Å². The van der Waals surface area contributed by atoms with Gasteiger partial charge in [-0.25, -0.2) is 4.98 Å². The molecule has 1 aliphatic heterocycles. The van der Waals surface area contributed by atoms with Crippen molar-refractivity contribution < 1.29 is 5.11 Å². The first-order chi connectivity index (χ1) is 8.33. The highest BCUT2D eigenvalue weighted by atomic mass is 16.3. The second kappa shape index (κ2) is 5.98. The first-order valence-corrected chi connectivity index (χ1v) is 6.32. The number of hydrogen-bond donors (Lipinski definition) is 2. The summed E-state index contributed by atoms with van der Waals surface area (Å²) in [6.45, 7) is 2.16. The zero-order valence-electron chi connectivity index (χ0n) is 10.4. The van der Waals surface area contributed by atoms with Crippen LogP contribution in [0.3, 0.4) is 0 Å². The van der Waals surface area contributed by atoms with E-state index in [-0.39, 0.29) is 6.61 Å². The molecule has 4 heteroatoms. The summed E-state index contributed by atoms with van der Waals surface area (Å²) >= 11 is 0. The maximum Gasteiger partial charge on any atom is 0.126 e. The van der Waals surface area contributed by atoms with Gasteiger partial charge in [0.2, 0.25) is 0 Å². The van der Waals surface area contributed by atoms with Crippen LogP contribution in [0, 0.1) is 0 Å². The molecule has 0 amide bonds. The van der Waals surface area contributed by atoms with Crippen molar-refractivity contribution in [1.29, 1.82) is 0 Å². The van der Waals surface area contributed by atoms with Crippen LogP contribution in [0.25, 0.3) is 0 Å². The van der Waals surface area contributed by atoms with Crippen LogP contribution in [-0.2, 0) is 6.54 Å². The fourth-order valence-corrected chi connectivity index (χ4v) is 2.39. The topological polar surface area (TPSA) is 48.4 Å². The Labute approximate surface area is 103 Å². The van der Waals surface area contributed by atoms with E-state index in [0.717, 1.165) is 31.0 Å². The molecule has 17 heavy (non-hydrogen) atoms. The zero-order valence-corrected chi connectivity index (χ0v) is 10.4. The summed E-state index contributed by atoms with van der Waals surface area (Å²) < 4.78 is 0. The van der Waals surface area contributed by atoms with E-state index in [9.17, 15) is 5.11 Å². The Kier molecular flexibility index (Phi) is 4.34. The summed E-state index contributed by atoms with van der Waals surface area (Å²) in [6.07, 6.45) is 3.55. The highest BCUT2D eigenvalue weighted by molar-refractivity contribution is 5.34. The van der Waals surface area contributed by atoms with E-state index in [1.54, 1.807) is 0 Å². The molecule has 1 atom stereocenters. The molecular formula is C13H21N3O. The standard InChI is InChI=1S/C13H21N3O/c1-14-13-7-4-5-11(15-13)9-16-8-3-2-6-12(16)10-17/h4-5,7,12,17H,2-3,6,8-10H2,1H3,(H,14,15). The number of hydrogen-bond acceptors (Lipinski definition) is 4. The molecule has 2 rings (SSSR count). The fourth-order valence-electron chi connectivity index (χ4n) is 2.39. The quantitative estimate of drug-likeness (QED) is 0.829. The molecule has 1 aromatic rings. The minimum atomic E-state index is 0.256. The lowest BCUT2D eigenvalue weighted by Gasteiger charge is -2.34. The van der Waals surface area contributed by atoms with E-state index in [2.05, 4.69) is 15.2 Å². The highest BCUT2D eigenvalue weighted by Crippen LogP contribution is 2.19. The molecule has 94 valence electrons. The van der Waals surface area contributed by atoms with Gasteiger partial charge in [-0.2, -0.15) is 0 Å². The second-order valence-electron chi connectivity index (χ2n) is 4.57. The van der Waals surface area contributed by atoms with Crippen molar-refractivity contribution in [1.82, 2.24) is 9.88 Å². The summed E-state index contributed by atoms with van der Waals surface area (Å²) in [6, 6.07) is 6.34. The maximum atomic E-state index is 9.37. The first kappa shape index (κ1) is 12.3. The summed E-state index contributed by atoms with van der Waals surface area (Å²) in [5, 5.41) is 12.4. The molecule has 0 bridgehead atoms. The van der Waals surface area contributed by atoms with Crippen molar-refractivity contribution >= 4 is 5.82 Å². The van der Waals surface area contributed by atoms with Gasteiger partial charge in [0.05, 0.1) is 12.3 Å². The van der Waals surface area contributed by atoms with Crippen LogP contribution in [0.5, 0.6) is 0 Å². The molecule has 0 aromatic carbocycles. The van der Waals surface area contributed by atoms with E-state index in [1.807, 2.05) is 25.2 Å². The molecular weight excluding hydrogens is 214 g/mol. The molecule has 2 N–H and O–H groups in total. The Balaban J connectivity index is 2.02. The van der Waals surface area contributed by atoms with Crippen molar-refractivity contribution in [3.63, 3.8) is 0 Å². The number of aliphatic hydroxyl groups excluding tert-OH is 1. The smallest absolute Gasteiger partial charge is 0.126 e. The Morgan fingerprint density at radius 2 is 2.35 bits per heavy atom. The molecule has 0 spiro atoms. The number of piperidine rings is 1. The van der Waals surface area contributed by atoms with Gasteiger partial charge in [0, 0.05) is 19.6 Å². The molecule has 1 fully saturated rings. The van der Waals surface area contributed by atoms with Gasteiger partial charge in [-0.05, 0) is 31.5 Å². The maximum absolute atomic E-state index is 9.37. The third kappa shape index (κ3) is 3.17. The fraction of sp³-hybridized carbons (Fsp3) is 0.615. The molecule has 1 saturated heterocycles. The van der Waals surface area contributed by atoms with Crippen molar-refractivity contribution in [2.24, 2.45) is 0 Å².